The Morgan fingerprint density at radius 1 is 1.25 bits per heavy atom. The number of carbonyl (C=O) groups is 1. The minimum absolute atomic E-state index is 0.0295. The zero-order valence-electron chi connectivity index (χ0n) is 18.8. The molecule has 1 heterocycles. The summed E-state index contributed by atoms with van der Waals surface area (Å²) >= 11 is 3.22. The molecule has 28 heavy (non-hydrogen) atoms. The number of nitrogens with zero attached hydrogens (tertiary/aromatic N) is 2. The summed E-state index contributed by atoms with van der Waals surface area (Å²) in [6.07, 6.45) is 8.03. The Balaban J connectivity index is 0. The van der Waals surface area contributed by atoms with Crippen LogP contribution in [0.1, 0.15) is 67.7 Å². The number of thiazole rings is 1. The van der Waals surface area contributed by atoms with Gasteiger partial charge >= 0.3 is 0 Å². The number of carbonyl (C=O) groups excluding carboxylic acids is 1. The van der Waals surface area contributed by atoms with E-state index in [-0.39, 0.29) is 5.91 Å². The third-order valence-electron chi connectivity index (χ3n) is 3.24. The number of amides is 1. The number of thioether (sulfide) groups is 1. The highest BCUT2D eigenvalue weighted by molar-refractivity contribution is 8.01. The van der Waals surface area contributed by atoms with Crippen molar-refractivity contribution >= 4 is 39.8 Å². The maximum Gasteiger partial charge on any atom is 0.229 e. The van der Waals surface area contributed by atoms with Crippen molar-refractivity contribution in [3.05, 3.63) is 29.6 Å². The molecule has 0 bridgehead atoms. The van der Waals surface area contributed by atoms with Crippen molar-refractivity contribution in [2.24, 2.45) is 10.7 Å². The van der Waals surface area contributed by atoms with E-state index < -0.39 is 0 Å². The summed E-state index contributed by atoms with van der Waals surface area (Å²) in [5, 5.41) is 3.49. The van der Waals surface area contributed by atoms with Crippen LogP contribution in [0, 0.1) is 0 Å². The summed E-state index contributed by atoms with van der Waals surface area (Å²) in [7, 11) is 1.50. The van der Waals surface area contributed by atoms with Gasteiger partial charge < -0.3 is 11.1 Å². The first kappa shape index (κ1) is 28.8. The standard InChI is InChI=1S/C18H27N3OS2.C2H6.CH5N/c1-6-14(5)10-19-15(7-2)12-23-17-11-20-18(24-17)21-16(22)9-8-13(3)4;2*1-2/h8,10-11H,6-7,9,12H2,1-5H3,(H,20,21,22);1-2H3;2H2,1H3/b14-10+,19-15?;;. The van der Waals surface area contributed by atoms with Gasteiger partial charge in [-0.3, -0.25) is 9.79 Å². The molecule has 0 spiro atoms. The van der Waals surface area contributed by atoms with E-state index in [0.29, 0.717) is 11.6 Å². The van der Waals surface area contributed by atoms with Crippen molar-refractivity contribution in [3.63, 3.8) is 0 Å². The van der Waals surface area contributed by atoms with E-state index in [1.165, 1.54) is 24.0 Å². The Hall–Kier alpha value is -1.44. The second-order valence-electron chi connectivity index (χ2n) is 5.68. The summed E-state index contributed by atoms with van der Waals surface area (Å²) in [6.45, 7) is 14.3. The van der Waals surface area contributed by atoms with Crippen LogP contribution in [0.2, 0.25) is 0 Å². The van der Waals surface area contributed by atoms with E-state index in [9.17, 15) is 4.79 Å². The molecule has 1 rings (SSSR count). The van der Waals surface area contributed by atoms with Gasteiger partial charge in [0.05, 0.1) is 10.4 Å². The summed E-state index contributed by atoms with van der Waals surface area (Å²) in [5.74, 6) is 0.815. The third-order valence-corrected chi connectivity index (χ3v) is 5.42. The average molecular weight is 427 g/mol. The molecule has 7 heteroatoms. The second kappa shape index (κ2) is 18.9. The van der Waals surface area contributed by atoms with E-state index in [4.69, 9.17) is 0 Å². The number of aromatic nitrogens is 1. The van der Waals surface area contributed by atoms with E-state index in [2.05, 4.69) is 41.8 Å². The van der Waals surface area contributed by atoms with Gasteiger partial charge in [0.2, 0.25) is 5.91 Å². The lowest BCUT2D eigenvalue weighted by Gasteiger charge is -2.01. The van der Waals surface area contributed by atoms with Crippen LogP contribution in [-0.2, 0) is 4.79 Å². The zero-order chi connectivity index (χ0) is 21.9. The van der Waals surface area contributed by atoms with Crippen LogP contribution in [-0.4, -0.2) is 29.4 Å². The first-order valence-corrected chi connectivity index (χ1v) is 11.6. The molecule has 1 amide bonds. The molecule has 0 aliphatic heterocycles. The van der Waals surface area contributed by atoms with E-state index in [1.54, 1.807) is 11.8 Å². The van der Waals surface area contributed by atoms with Crippen molar-refractivity contribution in [1.82, 2.24) is 4.98 Å². The fourth-order valence-corrected chi connectivity index (χ4v) is 3.46. The molecule has 5 nitrogen and oxygen atoms in total. The number of hydrogen-bond acceptors (Lipinski definition) is 6. The fourth-order valence-electron chi connectivity index (χ4n) is 1.53. The number of nitrogens with two attached hydrogens (primary N) is 1. The van der Waals surface area contributed by atoms with Gasteiger partial charge in [-0.2, -0.15) is 0 Å². The molecule has 1 aromatic heterocycles. The van der Waals surface area contributed by atoms with E-state index >= 15 is 0 Å². The molecular weight excluding hydrogens is 388 g/mol. The van der Waals surface area contributed by atoms with Crippen LogP contribution in [0.3, 0.4) is 0 Å². The molecule has 0 unspecified atom stereocenters. The van der Waals surface area contributed by atoms with Crippen LogP contribution in [0.25, 0.3) is 0 Å². The van der Waals surface area contributed by atoms with E-state index in [1.807, 2.05) is 46.2 Å². The van der Waals surface area contributed by atoms with Crippen molar-refractivity contribution in [3.8, 4) is 0 Å². The van der Waals surface area contributed by atoms with Crippen LogP contribution < -0.4 is 11.1 Å². The molecule has 0 atom stereocenters. The van der Waals surface area contributed by atoms with Crippen molar-refractivity contribution in [2.45, 2.75) is 71.9 Å². The Morgan fingerprint density at radius 2 is 1.89 bits per heavy atom. The highest BCUT2D eigenvalue weighted by atomic mass is 32.2. The van der Waals surface area contributed by atoms with E-state index in [0.717, 1.165) is 34.1 Å². The zero-order valence-corrected chi connectivity index (χ0v) is 20.4. The number of rotatable bonds is 9. The van der Waals surface area contributed by atoms with Gasteiger partial charge in [0.25, 0.3) is 0 Å². The normalized spacial score (nSPS) is 10.9. The van der Waals surface area contributed by atoms with Gasteiger partial charge in [0.15, 0.2) is 5.13 Å². The topological polar surface area (TPSA) is 80.4 Å². The number of nitrogens with one attached hydrogen (secondary N) is 1. The summed E-state index contributed by atoms with van der Waals surface area (Å²) < 4.78 is 1.09. The number of allylic oxidation sites excluding steroid dienone is 2. The molecule has 1 aromatic rings. The van der Waals surface area contributed by atoms with Crippen LogP contribution in [0.5, 0.6) is 0 Å². The molecule has 0 fully saturated rings. The molecule has 3 N–H and O–H groups in total. The van der Waals surface area contributed by atoms with Gasteiger partial charge in [-0.1, -0.05) is 56.3 Å². The minimum atomic E-state index is -0.0295. The summed E-state index contributed by atoms with van der Waals surface area (Å²) in [5.41, 5.74) is 8.08. The number of hydrogen-bond donors (Lipinski definition) is 2. The summed E-state index contributed by atoms with van der Waals surface area (Å²) in [4.78, 5) is 20.6. The van der Waals surface area contributed by atoms with Crippen LogP contribution >= 0.6 is 23.1 Å². The lowest BCUT2D eigenvalue weighted by Crippen LogP contribution is -2.09. The van der Waals surface area contributed by atoms with Gasteiger partial charge in [-0.25, -0.2) is 4.98 Å². The predicted molar refractivity (Wildman–Crippen MR) is 129 cm³/mol. The van der Waals surface area contributed by atoms with Gasteiger partial charge in [-0.05, 0) is 40.7 Å². The van der Waals surface area contributed by atoms with Crippen LogP contribution in [0.4, 0.5) is 5.13 Å². The van der Waals surface area contributed by atoms with Gasteiger partial charge in [-0.15, -0.1) is 11.8 Å². The van der Waals surface area contributed by atoms with Crippen molar-refractivity contribution in [1.29, 1.82) is 0 Å². The second-order valence-corrected chi connectivity index (χ2v) is 7.99. The maximum atomic E-state index is 11.8. The smallest absolute Gasteiger partial charge is 0.229 e. The molecule has 0 saturated heterocycles. The predicted octanol–water partition coefficient (Wildman–Crippen LogP) is 6.30. The Kier molecular flexibility index (Phi) is 19.4. The average Bonchev–Trinajstić information content (AvgIpc) is 3.16. The maximum absolute atomic E-state index is 11.8. The molecule has 0 aromatic carbocycles. The fraction of sp³-hybridized carbons (Fsp3) is 0.571. The van der Waals surface area contributed by atoms with Crippen molar-refractivity contribution in [2.75, 3.05) is 18.1 Å². The molecular formula is C21H38N4OS2. The third kappa shape index (κ3) is 14.6. The number of aliphatic imine (C=N–C) groups is 1. The van der Waals surface area contributed by atoms with Gasteiger partial charge in [0.1, 0.15) is 0 Å². The quantitative estimate of drug-likeness (QED) is 0.276. The Labute approximate surface area is 180 Å². The number of anilines is 1. The molecule has 0 saturated carbocycles. The van der Waals surface area contributed by atoms with Gasteiger partial charge in [0, 0.05) is 24.1 Å². The first-order valence-electron chi connectivity index (χ1n) is 9.75. The largest absolute Gasteiger partial charge is 0.333 e. The lowest BCUT2D eigenvalue weighted by molar-refractivity contribution is -0.115. The first-order chi connectivity index (χ1) is 13.4. The lowest BCUT2D eigenvalue weighted by atomic mass is 10.2. The van der Waals surface area contributed by atoms with Crippen molar-refractivity contribution < 1.29 is 4.79 Å². The minimum Gasteiger partial charge on any atom is -0.333 e. The Morgan fingerprint density at radius 3 is 2.43 bits per heavy atom. The monoisotopic (exact) mass is 426 g/mol. The Bertz CT molecular complexity index is 630. The highest BCUT2D eigenvalue weighted by Crippen LogP contribution is 2.28. The molecule has 0 radical (unpaired) electrons. The highest BCUT2D eigenvalue weighted by Gasteiger charge is 2.07. The van der Waals surface area contributed by atoms with Crippen LogP contribution in [0.15, 0.2) is 38.8 Å². The molecule has 0 aliphatic rings. The molecule has 0 aliphatic carbocycles. The molecule has 160 valence electrons. The summed E-state index contributed by atoms with van der Waals surface area (Å²) in [6, 6.07) is 0. The SMILES string of the molecule is CC.CCC(CSc1cnc(NC(=O)CC=C(C)C)s1)=N/C=C(\C)CC.CN.